The highest BCUT2D eigenvalue weighted by Crippen LogP contribution is 2.27. The largest absolute Gasteiger partial charge is 0.330 e. The zero-order valence-corrected chi connectivity index (χ0v) is 11.8. The molecule has 0 radical (unpaired) electrons. The van der Waals surface area contributed by atoms with Crippen LogP contribution in [0.1, 0.15) is 18.9 Å². The average molecular weight is 296 g/mol. The van der Waals surface area contributed by atoms with E-state index in [2.05, 4.69) is 0 Å². The van der Waals surface area contributed by atoms with Gasteiger partial charge in [0, 0.05) is 15.6 Å². The van der Waals surface area contributed by atoms with E-state index in [1.807, 2.05) is 0 Å². The Morgan fingerprint density at radius 3 is 2.29 bits per heavy atom. The summed E-state index contributed by atoms with van der Waals surface area (Å²) in [6.45, 7) is 1.99. The molecule has 0 aliphatic rings. The standard InChI is InChI=1S/C11H15Cl2NO2S/c1-8(5-6-14)17(15,16)7-9-10(12)3-2-4-11(9)13/h2-4,8H,5-7,14H2,1H3. The van der Waals surface area contributed by atoms with Crippen molar-refractivity contribution in [3.05, 3.63) is 33.8 Å². The van der Waals surface area contributed by atoms with E-state index in [1.54, 1.807) is 25.1 Å². The number of nitrogens with two attached hydrogens (primary N) is 1. The summed E-state index contributed by atoms with van der Waals surface area (Å²) >= 11 is 11.9. The smallest absolute Gasteiger partial charge is 0.157 e. The molecule has 2 N–H and O–H groups in total. The van der Waals surface area contributed by atoms with E-state index < -0.39 is 15.1 Å². The molecule has 0 fully saturated rings. The summed E-state index contributed by atoms with van der Waals surface area (Å²) in [5.41, 5.74) is 5.82. The van der Waals surface area contributed by atoms with Crippen molar-refractivity contribution in [2.24, 2.45) is 5.73 Å². The summed E-state index contributed by atoms with van der Waals surface area (Å²) in [4.78, 5) is 0. The van der Waals surface area contributed by atoms with Crippen LogP contribution < -0.4 is 5.73 Å². The first-order valence-corrected chi connectivity index (χ1v) is 7.70. The third kappa shape index (κ3) is 3.85. The molecule has 96 valence electrons. The molecule has 1 aromatic rings. The maximum Gasteiger partial charge on any atom is 0.157 e. The van der Waals surface area contributed by atoms with Gasteiger partial charge in [-0.05, 0) is 32.0 Å². The molecule has 1 rings (SSSR count). The average Bonchev–Trinajstić information content (AvgIpc) is 2.24. The Bertz CT molecular complexity index is 468. The van der Waals surface area contributed by atoms with Gasteiger partial charge in [0.25, 0.3) is 0 Å². The number of benzene rings is 1. The summed E-state index contributed by atoms with van der Waals surface area (Å²) < 4.78 is 24.0. The lowest BCUT2D eigenvalue weighted by Gasteiger charge is -2.13. The topological polar surface area (TPSA) is 60.2 Å². The van der Waals surface area contributed by atoms with Gasteiger partial charge in [0.2, 0.25) is 0 Å². The summed E-state index contributed by atoms with van der Waals surface area (Å²) in [6, 6.07) is 4.95. The van der Waals surface area contributed by atoms with Gasteiger partial charge in [0.05, 0.1) is 11.0 Å². The van der Waals surface area contributed by atoms with E-state index >= 15 is 0 Å². The molecule has 0 aromatic heterocycles. The minimum atomic E-state index is -3.27. The highest BCUT2D eigenvalue weighted by atomic mass is 35.5. The predicted molar refractivity (Wildman–Crippen MR) is 72.2 cm³/mol. The molecule has 17 heavy (non-hydrogen) atoms. The Balaban J connectivity index is 2.98. The second kappa shape index (κ2) is 6.05. The Morgan fingerprint density at radius 1 is 1.29 bits per heavy atom. The molecule has 1 unspecified atom stereocenters. The van der Waals surface area contributed by atoms with Crippen LogP contribution in [0.4, 0.5) is 0 Å². The van der Waals surface area contributed by atoms with Gasteiger partial charge in [-0.2, -0.15) is 0 Å². The lowest BCUT2D eigenvalue weighted by Crippen LogP contribution is -2.23. The molecule has 0 spiro atoms. The number of sulfone groups is 1. The Hall–Kier alpha value is -0.290. The predicted octanol–water partition coefficient (Wildman–Crippen LogP) is 2.65. The van der Waals surface area contributed by atoms with Crippen LogP contribution in [0.3, 0.4) is 0 Å². The molecule has 6 heteroatoms. The van der Waals surface area contributed by atoms with E-state index in [-0.39, 0.29) is 5.75 Å². The van der Waals surface area contributed by atoms with Crippen molar-refractivity contribution in [3.63, 3.8) is 0 Å². The van der Waals surface area contributed by atoms with Gasteiger partial charge in [-0.3, -0.25) is 0 Å². The maximum absolute atomic E-state index is 12.0. The van der Waals surface area contributed by atoms with E-state index in [4.69, 9.17) is 28.9 Å². The van der Waals surface area contributed by atoms with Gasteiger partial charge in [0.1, 0.15) is 0 Å². The fourth-order valence-electron chi connectivity index (χ4n) is 1.43. The van der Waals surface area contributed by atoms with Crippen molar-refractivity contribution >= 4 is 33.0 Å². The molecule has 0 saturated heterocycles. The SMILES string of the molecule is CC(CCN)S(=O)(=O)Cc1c(Cl)cccc1Cl. The van der Waals surface area contributed by atoms with Gasteiger partial charge in [-0.25, -0.2) is 8.42 Å². The van der Waals surface area contributed by atoms with Crippen molar-refractivity contribution < 1.29 is 8.42 Å². The molecule has 3 nitrogen and oxygen atoms in total. The van der Waals surface area contributed by atoms with Gasteiger partial charge in [-0.15, -0.1) is 0 Å². The van der Waals surface area contributed by atoms with E-state index in [1.165, 1.54) is 0 Å². The molecule has 1 atom stereocenters. The van der Waals surface area contributed by atoms with E-state index in [9.17, 15) is 8.42 Å². The van der Waals surface area contributed by atoms with Crippen LogP contribution in [0, 0.1) is 0 Å². The van der Waals surface area contributed by atoms with Crippen LogP contribution in [-0.4, -0.2) is 20.2 Å². The van der Waals surface area contributed by atoms with Crippen LogP contribution >= 0.6 is 23.2 Å². The summed E-state index contributed by atoms with van der Waals surface area (Å²) in [5, 5.41) is 0.266. The van der Waals surface area contributed by atoms with Crippen LogP contribution in [-0.2, 0) is 15.6 Å². The third-order valence-electron chi connectivity index (χ3n) is 2.59. The van der Waals surface area contributed by atoms with Gasteiger partial charge in [-0.1, -0.05) is 29.3 Å². The lowest BCUT2D eigenvalue weighted by molar-refractivity contribution is 0.577. The first-order valence-electron chi connectivity index (χ1n) is 5.23. The van der Waals surface area contributed by atoms with Crippen molar-refractivity contribution in [1.82, 2.24) is 0 Å². The van der Waals surface area contributed by atoms with Crippen LogP contribution in [0.2, 0.25) is 10.0 Å². The number of rotatable bonds is 5. The number of halogens is 2. The minimum absolute atomic E-state index is 0.146. The monoisotopic (exact) mass is 295 g/mol. The first kappa shape index (κ1) is 14.8. The molecule has 0 aliphatic carbocycles. The molecule has 0 saturated carbocycles. The highest BCUT2D eigenvalue weighted by molar-refractivity contribution is 7.91. The zero-order valence-electron chi connectivity index (χ0n) is 9.49. The molecule has 0 amide bonds. The number of hydrogen-bond donors (Lipinski definition) is 1. The van der Waals surface area contributed by atoms with Crippen LogP contribution in [0.5, 0.6) is 0 Å². The van der Waals surface area contributed by atoms with Crippen molar-refractivity contribution in [2.75, 3.05) is 6.54 Å². The van der Waals surface area contributed by atoms with Crippen molar-refractivity contribution in [1.29, 1.82) is 0 Å². The minimum Gasteiger partial charge on any atom is -0.330 e. The fourth-order valence-corrected chi connectivity index (χ4v) is 3.61. The maximum atomic E-state index is 12.0. The number of hydrogen-bond acceptors (Lipinski definition) is 3. The Labute approximate surface area is 112 Å². The van der Waals surface area contributed by atoms with Crippen LogP contribution in [0.15, 0.2) is 18.2 Å². The first-order chi connectivity index (χ1) is 7.88. The Kier molecular flexibility index (Phi) is 5.25. The Morgan fingerprint density at radius 2 is 1.82 bits per heavy atom. The normalized spacial score (nSPS) is 13.6. The molecular formula is C11H15Cl2NO2S. The van der Waals surface area contributed by atoms with Crippen molar-refractivity contribution in [2.45, 2.75) is 24.3 Å². The quantitative estimate of drug-likeness (QED) is 0.908. The van der Waals surface area contributed by atoms with Gasteiger partial charge in [0.15, 0.2) is 9.84 Å². The summed E-state index contributed by atoms with van der Waals surface area (Å²) in [6.07, 6.45) is 0.435. The van der Waals surface area contributed by atoms with E-state index in [0.29, 0.717) is 28.6 Å². The van der Waals surface area contributed by atoms with Crippen LogP contribution in [0.25, 0.3) is 0 Å². The molecule has 0 heterocycles. The molecular weight excluding hydrogens is 281 g/mol. The molecule has 0 bridgehead atoms. The highest BCUT2D eigenvalue weighted by Gasteiger charge is 2.22. The molecule has 0 aliphatic heterocycles. The van der Waals surface area contributed by atoms with Gasteiger partial charge < -0.3 is 5.73 Å². The fraction of sp³-hybridized carbons (Fsp3) is 0.455. The van der Waals surface area contributed by atoms with Gasteiger partial charge >= 0.3 is 0 Å². The lowest BCUT2D eigenvalue weighted by atomic mass is 10.2. The molecule has 1 aromatic carbocycles. The third-order valence-corrected chi connectivity index (χ3v) is 5.45. The second-order valence-electron chi connectivity index (χ2n) is 3.90. The van der Waals surface area contributed by atoms with Crippen molar-refractivity contribution in [3.8, 4) is 0 Å². The summed E-state index contributed by atoms with van der Waals surface area (Å²) in [5.74, 6) is -0.146. The van der Waals surface area contributed by atoms with E-state index in [0.717, 1.165) is 0 Å². The summed E-state index contributed by atoms with van der Waals surface area (Å²) in [7, 11) is -3.27. The second-order valence-corrected chi connectivity index (χ2v) is 7.13. The zero-order chi connectivity index (χ0) is 13.1.